The molecule has 0 aromatic carbocycles. The molecular formula is C5H9N5O2. The van der Waals surface area contributed by atoms with E-state index in [0.717, 1.165) is 0 Å². The van der Waals surface area contributed by atoms with Crippen LogP contribution in [0.5, 0.6) is 0 Å². The van der Waals surface area contributed by atoms with Gasteiger partial charge in [0, 0.05) is 14.1 Å². The quantitative estimate of drug-likeness (QED) is 0.616. The van der Waals surface area contributed by atoms with Crippen molar-refractivity contribution >= 4 is 11.9 Å². The van der Waals surface area contributed by atoms with Gasteiger partial charge in [0.2, 0.25) is 5.95 Å². The van der Waals surface area contributed by atoms with Crippen molar-refractivity contribution in [2.24, 2.45) is 0 Å². The molecule has 66 valence electrons. The average molecular weight is 171 g/mol. The minimum atomic E-state index is -0.967. The van der Waals surface area contributed by atoms with E-state index < -0.39 is 5.97 Å². The predicted molar refractivity (Wildman–Crippen MR) is 39.8 cm³/mol. The van der Waals surface area contributed by atoms with Crippen LogP contribution in [0, 0.1) is 0 Å². The molecule has 0 saturated carbocycles. The lowest BCUT2D eigenvalue weighted by Crippen LogP contribution is -2.19. The minimum Gasteiger partial charge on any atom is -0.480 e. The number of hydrogen-bond donors (Lipinski definition) is 1. The van der Waals surface area contributed by atoms with Crippen molar-refractivity contribution in [3.05, 3.63) is 0 Å². The molecule has 7 nitrogen and oxygen atoms in total. The summed E-state index contributed by atoms with van der Waals surface area (Å²) in [5.41, 5.74) is 0. The van der Waals surface area contributed by atoms with E-state index in [1.165, 1.54) is 4.68 Å². The van der Waals surface area contributed by atoms with E-state index in [1.54, 1.807) is 19.0 Å². The molecule has 7 heteroatoms. The first-order chi connectivity index (χ1) is 5.61. The first kappa shape index (κ1) is 8.44. The first-order valence-electron chi connectivity index (χ1n) is 3.26. The lowest BCUT2D eigenvalue weighted by atomic mass is 10.6. The van der Waals surface area contributed by atoms with Gasteiger partial charge in [0.25, 0.3) is 0 Å². The maximum atomic E-state index is 10.3. The Kier molecular flexibility index (Phi) is 2.22. The molecular weight excluding hydrogens is 162 g/mol. The van der Waals surface area contributed by atoms with Crippen molar-refractivity contribution in [3.8, 4) is 0 Å². The standard InChI is InChI=1S/C5H9N5O2/c1-9(2)5-6-7-8-10(5)3-4(11)12/h3H2,1-2H3,(H,11,12). The largest absolute Gasteiger partial charge is 0.480 e. The molecule has 0 aliphatic carbocycles. The molecule has 0 atom stereocenters. The van der Waals surface area contributed by atoms with E-state index in [2.05, 4.69) is 15.5 Å². The molecule has 1 rings (SSSR count). The Morgan fingerprint density at radius 3 is 2.83 bits per heavy atom. The topological polar surface area (TPSA) is 84.1 Å². The van der Waals surface area contributed by atoms with Gasteiger partial charge in [-0.15, -0.1) is 0 Å². The number of tetrazole rings is 1. The van der Waals surface area contributed by atoms with Crippen LogP contribution in [0.4, 0.5) is 5.95 Å². The molecule has 0 spiro atoms. The van der Waals surface area contributed by atoms with E-state index >= 15 is 0 Å². The van der Waals surface area contributed by atoms with Gasteiger partial charge in [-0.05, 0) is 10.4 Å². The van der Waals surface area contributed by atoms with Crippen LogP contribution in [0.1, 0.15) is 0 Å². The summed E-state index contributed by atoms with van der Waals surface area (Å²) in [6.07, 6.45) is 0. The highest BCUT2D eigenvalue weighted by Gasteiger charge is 2.09. The number of anilines is 1. The van der Waals surface area contributed by atoms with Crippen molar-refractivity contribution in [3.63, 3.8) is 0 Å². The Balaban J connectivity index is 2.84. The van der Waals surface area contributed by atoms with E-state index in [1.807, 2.05) is 0 Å². The van der Waals surface area contributed by atoms with Crippen LogP contribution in [0.2, 0.25) is 0 Å². The lowest BCUT2D eigenvalue weighted by Gasteiger charge is -2.08. The van der Waals surface area contributed by atoms with Crippen LogP contribution in [-0.4, -0.2) is 45.4 Å². The number of rotatable bonds is 3. The molecule has 0 radical (unpaired) electrons. The molecule has 12 heavy (non-hydrogen) atoms. The molecule has 0 bridgehead atoms. The SMILES string of the molecule is CN(C)c1nnnn1CC(=O)O. The Hall–Kier alpha value is -1.66. The van der Waals surface area contributed by atoms with Gasteiger partial charge in [0.15, 0.2) is 0 Å². The maximum Gasteiger partial charge on any atom is 0.325 e. The average Bonchev–Trinajstić information content (AvgIpc) is 2.33. The van der Waals surface area contributed by atoms with Crippen LogP contribution in [0.15, 0.2) is 0 Å². The Labute approximate surface area is 68.6 Å². The van der Waals surface area contributed by atoms with Crippen LogP contribution in [0.3, 0.4) is 0 Å². The number of hydrogen-bond acceptors (Lipinski definition) is 5. The molecule has 0 unspecified atom stereocenters. The third kappa shape index (κ3) is 1.68. The van der Waals surface area contributed by atoms with Crippen LogP contribution < -0.4 is 4.90 Å². The Morgan fingerprint density at radius 2 is 2.33 bits per heavy atom. The van der Waals surface area contributed by atoms with Crippen LogP contribution in [0.25, 0.3) is 0 Å². The van der Waals surface area contributed by atoms with Crippen molar-refractivity contribution in [2.75, 3.05) is 19.0 Å². The molecule has 0 aliphatic rings. The Morgan fingerprint density at radius 1 is 1.67 bits per heavy atom. The van der Waals surface area contributed by atoms with Crippen molar-refractivity contribution in [2.45, 2.75) is 6.54 Å². The third-order valence-corrected chi connectivity index (χ3v) is 1.20. The summed E-state index contributed by atoms with van der Waals surface area (Å²) < 4.78 is 1.21. The molecule has 0 saturated heterocycles. The predicted octanol–water partition coefficient (Wildman–Crippen LogP) is -1.18. The van der Waals surface area contributed by atoms with Crippen molar-refractivity contribution in [1.82, 2.24) is 20.2 Å². The van der Waals surface area contributed by atoms with Crippen LogP contribution >= 0.6 is 0 Å². The second kappa shape index (κ2) is 3.16. The van der Waals surface area contributed by atoms with E-state index in [-0.39, 0.29) is 6.54 Å². The summed E-state index contributed by atoms with van der Waals surface area (Å²) in [6, 6.07) is 0. The monoisotopic (exact) mass is 171 g/mol. The number of nitrogens with zero attached hydrogens (tertiary/aromatic N) is 5. The van der Waals surface area contributed by atoms with E-state index in [0.29, 0.717) is 5.95 Å². The molecule has 1 aromatic rings. The number of carboxylic acids is 1. The van der Waals surface area contributed by atoms with Gasteiger partial charge in [0.1, 0.15) is 6.54 Å². The highest BCUT2D eigenvalue weighted by molar-refractivity contribution is 5.66. The molecule has 1 heterocycles. The first-order valence-corrected chi connectivity index (χ1v) is 3.26. The third-order valence-electron chi connectivity index (χ3n) is 1.20. The molecule has 0 fully saturated rings. The number of carboxylic acid groups (broad SMARTS) is 1. The van der Waals surface area contributed by atoms with E-state index in [4.69, 9.17) is 5.11 Å². The fourth-order valence-electron chi connectivity index (χ4n) is 0.751. The van der Waals surface area contributed by atoms with Gasteiger partial charge in [0.05, 0.1) is 0 Å². The highest BCUT2D eigenvalue weighted by atomic mass is 16.4. The van der Waals surface area contributed by atoms with Gasteiger partial charge in [-0.3, -0.25) is 4.79 Å². The summed E-state index contributed by atoms with van der Waals surface area (Å²) in [4.78, 5) is 11.9. The van der Waals surface area contributed by atoms with Gasteiger partial charge < -0.3 is 10.0 Å². The zero-order chi connectivity index (χ0) is 9.14. The van der Waals surface area contributed by atoms with Crippen LogP contribution in [-0.2, 0) is 11.3 Å². The molecule has 0 amide bonds. The second-order valence-electron chi connectivity index (χ2n) is 2.42. The summed E-state index contributed by atoms with van der Waals surface area (Å²) >= 11 is 0. The zero-order valence-corrected chi connectivity index (χ0v) is 6.80. The summed E-state index contributed by atoms with van der Waals surface area (Å²) in [7, 11) is 3.48. The summed E-state index contributed by atoms with van der Waals surface area (Å²) in [5, 5.41) is 19.0. The van der Waals surface area contributed by atoms with Gasteiger partial charge >= 0.3 is 5.97 Å². The van der Waals surface area contributed by atoms with Gasteiger partial charge in [-0.1, -0.05) is 5.10 Å². The lowest BCUT2D eigenvalue weighted by molar-refractivity contribution is -0.137. The smallest absolute Gasteiger partial charge is 0.325 e. The second-order valence-corrected chi connectivity index (χ2v) is 2.42. The molecule has 1 aromatic heterocycles. The zero-order valence-electron chi connectivity index (χ0n) is 6.80. The molecule has 1 N–H and O–H groups in total. The highest BCUT2D eigenvalue weighted by Crippen LogP contribution is 2.01. The van der Waals surface area contributed by atoms with Gasteiger partial charge in [-0.2, -0.15) is 0 Å². The van der Waals surface area contributed by atoms with Crippen molar-refractivity contribution < 1.29 is 9.90 Å². The number of aromatic nitrogens is 4. The fourth-order valence-corrected chi connectivity index (χ4v) is 0.751. The maximum absolute atomic E-state index is 10.3. The van der Waals surface area contributed by atoms with E-state index in [9.17, 15) is 4.79 Å². The number of aliphatic carboxylic acids is 1. The van der Waals surface area contributed by atoms with Gasteiger partial charge in [-0.25, -0.2) is 4.68 Å². The minimum absolute atomic E-state index is 0.222. The van der Waals surface area contributed by atoms with Crippen molar-refractivity contribution in [1.29, 1.82) is 0 Å². The number of carbonyl (C=O) groups is 1. The molecule has 0 aliphatic heterocycles. The normalized spacial score (nSPS) is 9.83. The Bertz CT molecular complexity index is 281. The summed E-state index contributed by atoms with van der Waals surface area (Å²) in [5.74, 6) is -0.539. The fraction of sp³-hybridized carbons (Fsp3) is 0.600. The summed E-state index contributed by atoms with van der Waals surface area (Å²) in [6.45, 7) is -0.222.